The van der Waals surface area contributed by atoms with Crippen LogP contribution in [-0.4, -0.2) is 47.5 Å². The molecule has 37 heavy (non-hydrogen) atoms. The lowest BCUT2D eigenvalue weighted by Crippen LogP contribution is -2.37. The van der Waals surface area contributed by atoms with Gasteiger partial charge >= 0.3 is 0 Å². The SMILES string of the molecule is Fc1ccccc1COc1ccc(/C=N/Nc2nc(Nc3ccccc3)nc(N3CCOCC3)n2)cc1. The second-order valence-electron chi connectivity index (χ2n) is 8.19. The van der Waals surface area contributed by atoms with Gasteiger partial charge in [0.05, 0.1) is 19.4 Å². The van der Waals surface area contributed by atoms with Crippen molar-refractivity contribution in [1.82, 2.24) is 15.0 Å². The molecule has 1 saturated heterocycles. The number of hydrazone groups is 1. The molecule has 2 heterocycles. The maximum Gasteiger partial charge on any atom is 0.250 e. The molecule has 1 fully saturated rings. The average molecular weight is 500 g/mol. The molecule has 1 aliphatic heterocycles. The Morgan fingerprint density at radius 2 is 1.62 bits per heavy atom. The summed E-state index contributed by atoms with van der Waals surface area (Å²) in [5, 5.41) is 7.51. The van der Waals surface area contributed by atoms with Crippen molar-refractivity contribution in [2.45, 2.75) is 6.61 Å². The van der Waals surface area contributed by atoms with Crippen molar-refractivity contribution in [2.75, 3.05) is 41.9 Å². The second kappa shape index (κ2) is 11.9. The van der Waals surface area contributed by atoms with Crippen molar-refractivity contribution < 1.29 is 13.9 Å². The minimum Gasteiger partial charge on any atom is -0.489 e. The largest absolute Gasteiger partial charge is 0.489 e. The van der Waals surface area contributed by atoms with Crippen molar-refractivity contribution in [2.24, 2.45) is 5.10 Å². The van der Waals surface area contributed by atoms with Crippen LogP contribution in [0.4, 0.5) is 27.9 Å². The molecule has 188 valence electrons. The third-order valence-corrected chi connectivity index (χ3v) is 5.56. The lowest BCUT2D eigenvalue weighted by molar-refractivity contribution is 0.122. The first-order valence-corrected chi connectivity index (χ1v) is 11.9. The van der Waals surface area contributed by atoms with E-state index < -0.39 is 0 Å². The molecule has 1 aromatic heterocycles. The van der Waals surface area contributed by atoms with Crippen molar-refractivity contribution in [3.05, 3.63) is 95.8 Å². The van der Waals surface area contributed by atoms with Gasteiger partial charge in [-0.25, -0.2) is 9.82 Å². The molecule has 0 spiro atoms. The Morgan fingerprint density at radius 3 is 2.41 bits per heavy atom. The Kier molecular flexibility index (Phi) is 7.77. The molecule has 5 rings (SSSR count). The van der Waals surface area contributed by atoms with Gasteiger partial charge in [-0.2, -0.15) is 20.1 Å². The van der Waals surface area contributed by atoms with Crippen LogP contribution < -0.4 is 20.4 Å². The van der Waals surface area contributed by atoms with Crippen LogP contribution in [0.3, 0.4) is 0 Å². The fourth-order valence-electron chi connectivity index (χ4n) is 3.62. The molecule has 1 aliphatic rings. The lowest BCUT2D eigenvalue weighted by atomic mass is 10.2. The fraction of sp³-hybridized carbons (Fsp3) is 0.185. The summed E-state index contributed by atoms with van der Waals surface area (Å²) < 4.78 is 24.9. The smallest absolute Gasteiger partial charge is 0.250 e. The third kappa shape index (κ3) is 6.77. The van der Waals surface area contributed by atoms with E-state index >= 15 is 0 Å². The fourth-order valence-corrected chi connectivity index (χ4v) is 3.62. The van der Waals surface area contributed by atoms with Crippen molar-refractivity contribution in [3.63, 3.8) is 0 Å². The molecular weight excluding hydrogens is 473 g/mol. The van der Waals surface area contributed by atoms with E-state index in [1.54, 1.807) is 24.4 Å². The molecule has 0 unspecified atom stereocenters. The Labute approximate surface area is 214 Å². The van der Waals surface area contributed by atoms with E-state index in [1.807, 2.05) is 54.6 Å². The summed E-state index contributed by atoms with van der Waals surface area (Å²) in [6.45, 7) is 2.79. The second-order valence-corrected chi connectivity index (χ2v) is 8.19. The van der Waals surface area contributed by atoms with Crippen LogP contribution in [0.25, 0.3) is 0 Å². The number of morpholine rings is 1. The molecule has 2 N–H and O–H groups in total. The van der Waals surface area contributed by atoms with Crippen molar-refractivity contribution >= 4 is 29.7 Å². The van der Waals surface area contributed by atoms with E-state index in [9.17, 15) is 4.39 Å². The van der Waals surface area contributed by atoms with Gasteiger partial charge in [0.2, 0.25) is 17.8 Å². The van der Waals surface area contributed by atoms with E-state index in [0.717, 1.165) is 11.3 Å². The molecule has 0 bridgehead atoms. The molecule has 9 nitrogen and oxygen atoms in total. The first kappa shape index (κ1) is 24.1. The summed E-state index contributed by atoms with van der Waals surface area (Å²) in [5.74, 6) is 1.63. The normalized spacial score (nSPS) is 13.5. The Bertz CT molecular complexity index is 1330. The number of para-hydroxylation sites is 1. The van der Waals surface area contributed by atoms with Gasteiger partial charge in [0, 0.05) is 24.3 Å². The van der Waals surface area contributed by atoms with Crippen LogP contribution in [0.5, 0.6) is 5.75 Å². The summed E-state index contributed by atoms with van der Waals surface area (Å²) in [6, 6.07) is 23.6. The van der Waals surface area contributed by atoms with Gasteiger partial charge in [-0.05, 0) is 48.0 Å². The number of halogens is 1. The Morgan fingerprint density at radius 1 is 0.892 bits per heavy atom. The van der Waals surface area contributed by atoms with Gasteiger partial charge in [-0.15, -0.1) is 0 Å². The minimum absolute atomic E-state index is 0.159. The van der Waals surface area contributed by atoms with Crippen LogP contribution in [0.1, 0.15) is 11.1 Å². The van der Waals surface area contributed by atoms with Crippen molar-refractivity contribution in [1.29, 1.82) is 0 Å². The van der Waals surface area contributed by atoms with Crippen LogP contribution in [0.15, 0.2) is 84.0 Å². The number of rotatable bonds is 9. The number of hydrogen-bond acceptors (Lipinski definition) is 9. The molecule has 4 aromatic rings. The zero-order valence-electron chi connectivity index (χ0n) is 20.0. The summed E-state index contributed by atoms with van der Waals surface area (Å²) in [5.41, 5.74) is 5.12. The predicted molar refractivity (Wildman–Crippen MR) is 141 cm³/mol. The van der Waals surface area contributed by atoms with Gasteiger partial charge in [0.1, 0.15) is 18.2 Å². The Balaban J connectivity index is 1.25. The van der Waals surface area contributed by atoms with E-state index in [-0.39, 0.29) is 12.4 Å². The minimum atomic E-state index is -0.283. The maximum atomic E-state index is 13.8. The first-order valence-electron chi connectivity index (χ1n) is 11.9. The number of benzene rings is 3. The predicted octanol–water partition coefficient (Wildman–Crippen LogP) is 4.62. The summed E-state index contributed by atoms with van der Waals surface area (Å²) in [6.07, 6.45) is 1.66. The van der Waals surface area contributed by atoms with Crippen LogP contribution >= 0.6 is 0 Å². The molecular formula is C27H26FN7O2. The van der Waals surface area contributed by atoms with E-state index in [2.05, 4.69) is 35.7 Å². The van der Waals surface area contributed by atoms with Gasteiger partial charge in [-0.1, -0.05) is 36.4 Å². The number of hydrogen-bond donors (Lipinski definition) is 2. The highest BCUT2D eigenvalue weighted by molar-refractivity contribution is 5.80. The van der Waals surface area contributed by atoms with E-state index in [0.29, 0.717) is 55.5 Å². The third-order valence-electron chi connectivity index (χ3n) is 5.56. The highest BCUT2D eigenvalue weighted by Gasteiger charge is 2.16. The molecule has 3 aromatic carbocycles. The molecule has 0 aliphatic carbocycles. The maximum absolute atomic E-state index is 13.8. The molecule has 0 radical (unpaired) electrons. The van der Waals surface area contributed by atoms with Crippen LogP contribution in [0, 0.1) is 5.82 Å². The topological polar surface area (TPSA) is 96.8 Å². The summed E-state index contributed by atoms with van der Waals surface area (Å²) in [4.78, 5) is 15.6. The quantitative estimate of drug-likeness (QED) is 0.255. The monoisotopic (exact) mass is 499 g/mol. The number of nitrogens with one attached hydrogen (secondary N) is 2. The number of anilines is 4. The molecule has 0 atom stereocenters. The average Bonchev–Trinajstić information content (AvgIpc) is 2.94. The van der Waals surface area contributed by atoms with E-state index in [4.69, 9.17) is 9.47 Å². The van der Waals surface area contributed by atoms with Crippen LogP contribution in [-0.2, 0) is 11.3 Å². The molecule has 10 heteroatoms. The highest BCUT2D eigenvalue weighted by atomic mass is 19.1. The van der Waals surface area contributed by atoms with Crippen molar-refractivity contribution in [3.8, 4) is 5.75 Å². The molecule has 0 amide bonds. The summed E-state index contributed by atoms with van der Waals surface area (Å²) in [7, 11) is 0. The highest BCUT2D eigenvalue weighted by Crippen LogP contribution is 2.19. The van der Waals surface area contributed by atoms with Crippen LogP contribution in [0.2, 0.25) is 0 Å². The summed E-state index contributed by atoms with van der Waals surface area (Å²) >= 11 is 0. The first-order chi connectivity index (χ1) is 18.2. The standard InChI is InChI=1S/C27H26FN7O2/c28-24-9-5-4-6-21(24)19-37-23-12-10-20(11-13-23)18-29-34-26-31-25(30-22-7-2-1-3-8-22)32-27(33-26)35-14-16-36-17-15-35/h1-13,18H,14-17,19H2,(H2,30,31,32,33,34)/b29-18+. The Hall–Kier alpha value is -4.57. The van der Waals surface area contributed by atoms with Gasteiger partial charge in [0.25, 0.3) is 0 Å². The number of aromatic nitrogens is 3. The number of ether oxygens (including phenoxy) is 2. The van der Waals surface area contributed by atoms with Gasteiger partial charge in [0.15, 0.2) is 0 Å². The van der Waals surface area contributed by atoms with Gasteiger partial charge < -0.3 is 19.7 Å². The number of nitrogens with zero attached hydrogens (tertiary/aromatic N) is 5. The lowest BCUT2D eigenvalue weighted by Gasteiger charge is -2.27. The molecule has 0 saturated carbocycles. The van der Waals surface area contributed by atoms with E-state index in [1.165, 1.54) is 6.07 Å². The zero-order chi connectivity index (χ0) is 25.3. The zero-order valence-corrected chi connectivity index (χ0v) is 20.0. The van der Waals surface area contributed by atoms with Gasteiger partial charge in [-0.3, -0.25) is 0 Å².